The van der Waals surface area contributed by atoms with Gasteiger partial charge in [0.05, 0.1) is 18.4 Å². The summed E-state index contributed by atoms with van der Waals surface area (Å²) in [5.74, 6) is -0.532. The first-order valence-corrected chi connectivity index (χ1v) is 7.20. The number of halogens is 3. The van der Waals surface area contributed by atoms with Gasteiger partial charge in [0, 0.05) is 15.0 Å². The minimum Gasteiger partial charge on any atom is -0.497 e. The highest BCUT2D eigenvalue weighted by atomic mass is 79.9. The van der Waals surface area contributed by atoms with Crippen molar-refractivity contribution in [3.05, 3.63) is 56.7 Å². The van der Waals surface area contributed by atoms with Crippen molar-refractivity contribution in [2.75, 3.05) is 12.4 Å². The molecule has 0 saturated heterocycles. The average molecular weight is 403 g/mol. The molecular weight excluding hydrogens is 393 g/mol. The molecule has 0 spiro atoms. The second-order valence-corrected chi connectivity index (χ2v) is 5.61. The van der Waals surface area contributed by atoms with Gasteiger partial charge in [-0.3, -0.25) is 4.79 Å². The van der Waals surface area contributed by atoms with E-state index in [2.05, 4.69) is 37.2 Å². The Kier molecular flexibility index (Phi) is 4.77. The smallest absolute Gasteiger partial charge is 0.259 e. The summed E-state index contributed by atoms with van der Waals surface area (Å²) in [6.45, 7) is 0. The monoisotopic (exact) mass is 401 g/mol. The van der Waals surface area contributed by atoms with Crippen LogP contribution >= 0.6 is 31.9 Å². The molecule has 1 N–H and O–H groups in total. The van der Waals surface area contributed by atoms with E-state index in [4.69, 9.17) is 4.74 Å². The number of ether oxygens (including phenoxy) is 1. The third kappa shape index (κ3) is 3.19. The third-order valence-corrected chi connectivity index (χ3v) is 3.96. The maximum absolute atomic E-state index is 13.7. The van der Waals surface area contributed by atoms with Crippen molar-refractivity contribution in [1.82, 2.24) is 0 Å². The van der Waals surface area contributed by atoms with E-state index in [1.807, 2.05) is 0 Å². The number of carbonyl (C=O) groups excluding carboxylic acids is 1. The van der Waals surface area contributed by atoms with Gasteiger partial charge in [-0.2, -0.15) is 0 Å². The van der Waals surface area contributed by atoms with E-state index in [0.717, 1.165) is 0 Å². The number of hydrogen-bond acceptors (Lipinski definition) is 2. The molecule has 0 aliphatic rings. The molecule has 104 valence electrons. The normalized spacial score (nSPS) is 10.2. The van der Waals surface area contributed by atoms with Crippen LogP contribution in [0, 0.1) is 5.82 Å². The fraction of sp³-hybridized carbons (Fsp3) is 0.0714. The molecule has 0 saturated carbocycles. The van der Waals surface area contributed by atoms with Crippen molar-refractivity contribution >= 4 is 43.5 Å². The Bertz CT molecular complexity index is 641. The van der Waals surface area contributed by atoms with E-state index >= 15 is 0 Å². The van der Waals surface area contributed by atoms with E-state index in [-0.39, 0.29) is 5.56 Å². The Morgan fingerprint density at radius 1 is 1.20 bits per heavy atom. The number of benzene rings is 2. The number of amides is 1. The summed E-state index contributed by atoms with van der Waals surface area (Å²) in [5, 5.41) is 2.65. The first-order chi connectivity index (χ1) is 9.52. The van der Waals surface area contributed by atoms with Gasteiger partial charge < -0.3 is 10.1 Å². The van der Waals surface area contributed by atoms with Crippen molar-refractivity contribution in [2.24, 2.45) is 0 Å². The second-order valence-electron chi connectivity index (χ2n) is 3.90. The van der Waals surface area contributed by atoms with Crippen molar-refractivity contribution < 1.29 is 13.9 Å². The van der Waals surface area contributed by atoms with Crippen LogP contribution in [0.3, 0.4) is 0 Å². The van der Waals surface area contributed by atoms with Crippen LogP contribution in [0.2, 0.25) is 0 Å². The second kappa shape index (κ2) is 6.37. The Balaban J connectivity index is 2.33. The molecule has 3 nitrogen and oxygen atoms in total. The first-order valence-electron chi connectivity index (χ1n) is 5.62. The van der Waals surface area contributed by atoms with E-state index in [9.17, 15) is 9.18 Å². The minimum absolute atomic E-state index is 0.0396. The van der Waals surface area contributed by atoms with Crippen LogP contribution < -0.4 is 10.1 Å². The Morgan fingerprint density at radius 2 is 1.95 bits per heavy atom. The Hall–Kier alpha value is -1.40. The van der Waals surface area contributed by atoms with E-state index in [0.29, 0.717) is 20.4 Å². The largest absolute Gasteiger partial charge is 0.497 e. The molecular formula is C14H10Br2FNO2. The number of anilines is 1. The number of methoxy groups -OCH3 is 1. The lowest BCUT2D eigenvalue weighted by Gasteiger charge is -2.10. The lowest BCUT2D eigenvalue weighted by Crippen LogP contribution is -2.15. The molecule has 0 aliphatic heterocycles. The van der Waals surface area contributed by atoms with Crippen LogP contribution in [0.15, 0.2) is 45.3 Å². The lowest BCUT2D eigenvalue weighted by atomic mass is 10.2. The number of hydrogen-bond donors (Lipinski definition) is 1. The molecule has 0 heterocycles. The number of nitrogens with one attached hydrogen (secondary N) is 1. The zero-order chi connectivity index (χ0) is 14.7. The van der Waals surface area contributed by atoms with Crippen molar-refractivity contribution in [2.45, 2.75) is 0 Å². The van der Waals surface area contributed by atoms with Crippen LogP contribution in [0.4, 0.5) is 10.1 Å². The maximum atomic E-state index is 13.7. The molecule has 0 atom stereocenters. The molecule has 0 fully saturated rings. The molecule has 0 aromatic heterocycles. The van der Waals surface area contributed by atoms with Crippen LogP contribution in [-0.4, -0.2) is 13.0 Å². The van der Waals surface area contributed by atoms with Crippen molar-refractivity contribution in [3.8, 4) is 5.75 Å². The maximum Gasteiger partial charge on any atom is 0.259 e. The summed E-state index contributed by atoms with van der Waals surface area (Å²) in [7, 11) is 1.53. The van der Waals surface area contributed by atoms with Gasteiger partial charge in [0.1, 0.15) is 11.6 Å². The van der Waals surface area contributed by atoms with E-state index in [1.165, 1.54) is 19.2 Å². The molecule has 2 rings (SSSR count). The van der Waals surface area contributed by atoms with Gasteiger partial charge >= 0.3 is 0 Å². The average Bonchev–Trinajstić information content (AvgIpc) is 2.41. The zero-order valence-electron chi connectivity index (χ0n) is 10.4. The van der Waals surface area contributed by atoms with Crippen molar-refractivity contribution in [1.29, 1.82) is 0 Å². The quantitative estimate of drug-likeness (QED) is 0.813. The standard InChI is InChI=1S/C14H10Br2FNO2/c1-20-8-5-6-9(15)12(7-8)18-14(19)13-10(16)3-2-4-11(13)17/h2-7H,1H3,(H,18,19). The SMILES string of the molecule is COc1ccc(Br)c(NC(=O)c2c(F)cccc2Br)c1. The summed E-state index contributed by atoms with van der Waals surface area (Å²) in [5.41, 5.74) is 0.465. The van der Waals surface area contributed by atoms with E-state index in [1.54, 1.807) is 24.3 Å². The molecule has 2 aromatic carbocycles. The van der Waals surface area contributed by atoms with Gasteiger partial charge in [-0.15, -0.1) is 0 Å². The predicted octanol–water partition coefficient (Wildman–Crippen LogP) is 4.61. The molecule has 0 bridgehead atoms. The summed E-state index contributed by atoms with van der Waals surface area (Å²) >= 11 is 6.49. The lowest BCUT2D eigenvalue weighted by molar-refractivity contribution is 0.102. The van der Waals surface area contributed by atoms with Gasteiger partial charge in [0.25, 0.3) is 5.91 Å². The van der Waals surface area contributed by atoms with Gasteiger partial charge in [-0.05, 0) is 56.1 Å². The Morgan fingerprint density at radius 3 is 2.60 bits per heavy atom. The van der Waals surface area contributed by atoms with Crippen LogP contribution in [-0.2, 0) is 0 Å². The summed E-state index contributed by atoms with van der Waals surface area (Å²) in [6, 6.07) is 9.51. The van der Waals surface area contributed by atoms with Gasteiger partial charge in [-0.1, -0.05) is 6.07 Å². The van der Waals surface area contributed by atoms with Crippen LogP contribution in [0.25, 0.3) is 0 Å². The first kappa shape index (κ1) is 15.0. The highest BCUT2D eigenvalue weighted by Crippen LogP contribution is 2.28. The fourth-order valence-electron chi connectivity index (χ4n) is 1.63. The topological polar surface area (TPSA) is 38.3 Å². The third-order valence-electron chi connectivity index (χ3n) is 2.61. The summed E-state index contributed by atoms with van der Waals surface area (Å²) in [6.07, 6.45) is 0. The van der Waals surface area contributed by atoms with Crippen LogP contribution in [0.1, 0.15) is 10.4 Å². The molecule has 6 heteroatoms. The molecule has 1 amide bonds. The highest BCUT2D eigenvalue weighted by Gasteiger charge is 2.16. The molecule has 2 aromatic rings. The number of carbonyl (C=O) groups is 1. The molecule has 0 radical (unpaired) electrons. The molecule has 20 heavy (non-hydrogen) atoms. The van der Waals surface area contributed by atoms with Crippen molar-refractivity contribution in [3.63, 3.8) is 0 Å². The van der Waals surface area contributed by atoms with Gasteiger partial charge in [-0.25, -0.2) is 4.39 Å². The minimum atomic E-state index is -0.587. The van der Waals surface area contributed by atoms with Crippen LogP contribution in [0.5, 0.6) is 5.75 Å². The fourth-order valence-corrected chi connectivity index (χ4v) is 2.49. The number of rotatable bonds is 3. The van der Waals surface area contributed by atoms with Gasteiger partial charge in [0.2, 0.25) is 0 Å². The van der Waals surface area contributed by atoms with Gasteiger partial charge in [0.15, 0.2) is 0 Å². The Labute approximate surface area is 132 Å². The molecule has 0 unspecified atom stereocenters. The van der Waals surface area contributed by atoms with E-state index < -0.39 is 11.7 Å². The molecule has 0 aliphatic carbocycles. The zero-order valence-corrected chi connectivity index (χ0v) is 13.6. The highest BCUT2D eigenvalue weighted by molar-refractivity contribution is 9.11. The summed E-state index contributed by atoms with van der Waals surface area (Å²) in [4.78, 5) is 12.2. The summed E-state index contributed by atoms with van der Waals surface area (Å²) < 4.78 is 19.9. The predicted molar refractivity (Wildman–Crippen MR) is 82.7 cm³/mol.